The van der Waals surface area contributed by atoms with E-state index in [0.717, 1.165) is 50.5 Å². The summed E-state index contributed by atoms with van der Waals surface area (Å²) in [4.78, 5) is 39.4. The quantitative estimate of drug-likeness (QED) is 0.279. The van der Waals surface area contributed by atoms with Gasteiger partial charge >= 0.3 is 0 Å². The summed E-state index contributed by atoms with van der Waals surface area (Å²) in [5, 5.41) is 12.2. The Labute approximate surface area is 232 Å². The molecule has 0 saturated carbocycles. The van der Waals surface area contributed by atoms with Crippen LogP contribution in [0.4, 0.5) is 14.9 Å². The zero-order valence-corrected chi connectivity index (χ0v) is 22.1. The molecule has 3 amide bonds. The molecule has 194 valence electrons. The van der Waals surface area contributed by atoms with Crippen LogP contribution in [-0.4, -0.2) is 33.1 Å². The zero-order chi connectivity index (χ0) is 27.7. The number of nitrogens with zero attached hydrogens (tertiary/aromatic N) is 3. The SMILES string of the molecule is Cc1c(/C=C2\SC(=O)N(CC(=O)Nc3ccc(F)c(Cl)c3)C2=O)c2ccccc2n1Cc1ccccc1C#N. The maximum absolute atomic E-state index is 13.4. The van der Waals surface area contributed by atoms with Crippen LogP contribution in [0.1, 0.15) is 22.4 Å². The number of benzene rings is 3. The van der Waals surface area contributed by atoms with Crippen molar-refractivity contribution >= 4 is 63.1 Å². The Balaban J connectivity index is 1.42. The predicted octanol–water partition coefficient (Wildman–Crippen LogP) is 6.34. The number of imide groups is 1. The van der Waals surface area contributed by atoms with Crippen LogP contribution in [0.15, 0.2) is 71.6 Å². The van der Waals surface area contributed by atoms with Crippen molar-refractivity contribution in [2.24, 2.45) is 0 Å². The maximum Gasteiger partial charge on any atom is 0.294 e. The molecule has 4 aromatic rings. The van der Waals surface area contributed by atoms with Crippen molar-refractivity contribution in [1.29, 1.82) is 5.26 Å². The fourth-order valence-corrected chi connectivity index (χ4v) is 5.47. The number of anilines is 1. The summed E-state index contributed by atoms with van der Waals surface area (Å²) in [6, 6.07) is 21.0. The average molecular weight is 559 g/mol. The lowest BCUT2D eigenvalue weighted by atomic mass is 10.1. The first-order chi connectivity index (χ1) is 18.8. The summed E-state index contributed by atoms with van der Waals surface area (Å²) in [6.45, 7) is 1.88. The van der Waals surface area contributed by atoms with E-state index in [1.165, 1.54) is 12.1 Å². The van der Waals surface area contributed by atoms with Gasteiger partial charge in [0.25, 0.3) is 11.1 Å². The second-order valence-corrected chi connectivity index (χ2v) is 10.2. The van der Waals surface area contributed by atoms with Crippen molar-refractivity contribution in [3.8, 4) is 6.07 Å². The standard InChI is InChI=1S/C29H20ClFN4O3S/c1-17-22(21-8-4-5-9-25(21)34(17)15-19-7-3-2-6-18(19)14-32)13-26-28(37)35(29(38)39-26)16-27(36)33-20-10-11-24(31)23(30)12-20/h2-13H,15-16H2,1H3,(H,33,36)/b26-13-. The molecular weight excluding hydrogens is 539 g/mol. The molecule has 0 spiro atoms. The summed E-state index contributed by atoms with van der Waals surface area (Å²) in [5.74, 6) is -1.83. The molecule has 2 heterocycles. The number of para-hydroxylation sites is 1. The molecule has 0 atom stereocenters. The Bertz CT molecular complexity index is 1740. The van der Waals surface area contributed by atoms with E-state index in [1.54, 1.807) is 12.1 Å². The van der Waals surface area contributed by atoms with Gasteiger partial charge in [0.1, 0.15) is 12.4 Å². The molecule has 1 aromatic heterocycles. The molecule has 7 nitrogen and oxygen atoms in total. The van der Waals surface area contributed by atoms with E-state index in [4.69, 9.17) is 11.6 Å². The lowest BCUT2D eigenvalue weighted by Gasteiger charge is -2.12. The summed E-state index contributed by atoms with van der Waals surface area (Å²) in [5.41, 5.74) is 4.25. The number of carbonyl (C=O) groups is 3. The first-order valence-electron chi connectivity index (χ1n) is 11.8. The molecule has 5 rings (SSSR count). The first-order valence-corrected chi connectivity index (χ1v) is 13.0. The van der Waals surface area contributed by atoms with Crippen molar-refractivity contribution in [1.82, 2.24) is 9.47 Å². The van der Waals surface area contributed by atoms with E-state index < -0.39 is 29.4 Å². The van der Waals surface area contributed by atoms with Crippen molar-refractivity contribution in [2.75, 3.05) is 11.9 Å². The summed E-state index contributed by atoms with van der Waals surface area (Å²) >= 11 is 6.52. The van der Waals surface area contributed by atoms with E-state index >= 15 is 0 Å². The third kappa shape index (κ3) is 5.17. The molecule has 1 fully saturated rings. The molecular formula is C29H20ClFN4O3S. The highest BCUT2D eigenvalue weighted by molar-refractivity contribution is 8.18. The third-order valence-corrected chi connectivity index (χ3v) is 7.60. The highest BCUT2D eigenvalue weighted by Gasteiger charge is 2.36. The zero-order valence-electron chi connectivity index (χ0n) is 20.6. The molecule has 1 aliphatic heterocycles. The minimum absolute atomic E-state index is 0.160. The molecule has 39 heavy (non-hydrogen) atoms. The molecule has 3 aromatic carbocycles. The molecule has 0 aliphatic carbocycles. The largest absolute Gasteiger partial charge is 0.340 e. The molecule has 1 N–H and O–H groups in total. The van der Waals surface area contributed by atoms with Gasteiger partial charge in [0, 0.05) is 34.4 Å². The maximum atomic E-state index is 13.4. The topological polar surface area (TPSA) is 95.2 Å². The fourth-order valence-electron chi connectivity index (χ4n) is 4.47. The Hall–Kier alpha value is -4.39. The number of aromatic nitrogens is 1. The van der Waals surface area contributed by atoms with Gasteiger partial charge < -0.3 is 9.88 Å². The minimum Gasteiger partial charge on any atom is -0.340 e. The van der Waals surface area contributed by atoms with Crippen molar-refractivity contribution in [3.05, 3.63) is 105 Å². The second-order valence-electron chi connectivity index (χ2n) is 8.82. The van der Waals surface area contributed by atoms with E-state index in [9.17, 15) is 24.0 Å². The highest BCUT2D eigenvalue weighted by Crippen LogP contribution is 2.36. The van der Waals surface area contributed by atoms with Gasteiger partial charge in [0.15, 0.2) is 0 Å². The number of rotatable bonds is 6. The molecule has 0 radical (unpaired) electrons. The van der Waals surface area contributed by atoms with Crippen LogP contribution in [0, 0.1) is 24.1 Å². The van der Waals surface area contributed by atoms with E-state index in [-0.39, 0.29) is 15.6 Å². The van der Waals surface area contributed by atoms with Gasteiger partial charge in [0.2, 0.25) is 5.91 Å². The number of carbonyl (C=O) groups excluding carboxylic acids is 3. The normalized spacial score (nSPS) is 14.3. The number of fused-ring (bicyclic) bond motifs is 1. The molecule has 1 saturated heterocycles. The number of nitriles is 1. The van der Waals surface area contributed by atoms with Gasteiger partial charge in [-0.25, -0.2) is 4.39 Å². The lowest BCUT2D eigenvalue weighted by Crippen LogP contribution is -2.36. The highest BCUT2D eigenvalue weighted by atomic mass is 35.5. The summed E-state index contributed by atoms with van der Waals surface area (Å²) in [7, 11) is 0. The number of hydrogen-bond acceptors (Lipinski definition) is 5. The molecule has 10 heteroatoms. The van der Waals surface area contributed by atoms with Crippen LogP contribution in [0.3, 0.4) is 0 Å². The summed E-state index contributed by atoms with van der Waals surface area (Å²) in [6.07, 6.45) is 1.67. The van der Waals surface area contributed by atoms with Gasteiger partial charge in [0.05, 0.1) is 21.6 Å². The van der Waals surface area contributed by atoms with Crippen LogP contribution >= 0.6 is 23.4 Å². The number of nitrogens with one attached hydrogen (secondary N) is 1. The second kappa shape index (κ2) is 10.8. The molecule has 0 unspecified atom stereocenters. The predicted molar refractivity (Wildman–Crippen MR) is 150 cm³/mol. The van der Waals surface area contributed by atoms with Crippen molar-refractivity contribution < 1.29 is 18.8 Å². The Kier molecular flexibility index (Phi) is 7.24. The van der Waals surface area contributed by atoms with Gasteiger partial charge in [-0.1, -0.05) is 48.0 Å². The van der Waals surface area contributed by atoms with Gasteiger partial charge in [-0.3, -0.25) is 19.3 Å². The van der Waals surface area contributed by atoms with Gasteiger partial charge in [-0.05, 0) is 60.7 Å². The first kappa shape index (κ1) is 26.2. The van der Waals surface area contributed by atoms with Crippen LogP contribution in [0.25, 0.3) is 17.0 Å². The molecule has 0 bridgehead atoms. The third-order valence-electron chi connectivity index (χ3n) is 6.40. The monoisotopic (exact) mass is 558 g/mol. The van der Waals surface area contributed by atoms with Crippen molar-refractivity contribution in [3.63, 3.8) is 0 Å². The Morgan fingerprint density at radius 3 is 2.64 bits per heavy atom. The van der Waals surface area contributed by atoms with Gasteiger partial charge in [-0.2, -0.15) is 5.26 Å². The van der Waals surface area contributed by atoms with E-state index in [2.05, 4.69) is 16.0 Å². The van der Waals surface area contributed by atoms with Crippen LogP contribution in [-0.2, 0) is 16.1 Å². The van der Waals surface area contributed by atoms with Crippen LogP contribution in [0.2, 0.25) is 5.02 Å². The van der Waals surface area contributed by atoms with Crippen molar-refractivity contribution in [2.45, 2.75) is 13.5 Å². The summed E-state index contributed by atoms with van der Waals surface area (Å²) < 4.78 is 15.5. The Morgan fingerprint density at radius 1 is 1.13 bits per heavy atom. The fraction of sp³-hybridized carbons (Fsp3) is 0.103. The number of hydrogen-bond donors (Lipinski definition) is 1. The van der Waals surface area contributed by atoms with Crippen LogP contribution in [0.5, 0.6) is 0 Å². The lowest BCUT2D eigenvalue weighted by molar-refractivity contribution is -0.127. The minimum atomic E-state index is -0.628. The number of amides is 3. The molecule has 1 aliphatic rings. The van der Waals surface area contributed by atoms with Gasteiger partial charge in [-0.15, -0.1) is 0 Å². The van der Waals surface area contributed by atoms with E-state index in [1.807, 2.05) is 49.4 Å². The Morgan fingerprint density at radius 2 is 1.87 bits per heavy atom. The number of halogens is 2. The average Bonchev–Trinajstić information content (AvgIpc) is 3.34. The van der Waals surface area contributed by atoms with Crippen LogP contribution < -0.4 is 5.32 Å². The number of thioether (sulfide) groups is 1. The van der Waals surface area contributed by atoms with E-state index in [0.29, 0.717) is 12.1 Å². The smallest absolute Gasteiger partial charge is 0.294 e.